The number of rotatable bonds is 3. The first-order valence-electron chi connectivity index (χ1n) is 7.82. The molecule has 2 heterocycles. The normalized spacial score (nSPS) is 12.6. The molecule has 3 rings (SSSR count). The van der Waals surface area contributed by atoms with Gasteiger partial charge in [0.1, 0.15) is 22.9 Å². The molecule has 0 aliphatic rings. The highest BCUT2D eigenvalue weighted by atomic mass is 35.5. The summed E-state index contributed by atoms with van der Waals surface area (Å²) in [7, 11) is -1.90. The van der Waals surface area contributed by atoms with Crippen LogP contribution in [0.5, 0.6) is 5.75 Å². The van der Waals surface area contributed by atoms with Crippen molar-refractivity contribution in [1.82, 2.24) is 20.2 Å². The third-order valence-electron chi connectivity index (χ3n) is 4.59. The Bertz CT molecular complexity index is 886. The molecule has 0 atom stereocenters. The molecular formula is C17H21ClN4OSi. The molecule has 2 aromatic heterocycles. The van der Waals surface area contributed by atoms with Crippen LogP contribution in [0.25, 0.3) is 22.3 Å². The van der Waals surface area contributed by atoms with Gasteiger partial charge in [-0.2, -0.15) is 5.10 Å². The van der Waals surface area contributed by atoms with Gasteiger partial charge < -0.3 is 4.43 Å². The van der Waals surface area contributed by atoms with Gasteiger partial charge >= 0.3 is 0 Å². The molecule has 0 saturated carbocycles. The number of aromatic nitrogens is 4. The van der Waals surface area contributed by atoms with E-state index in [-0.39, 0.29) is 5.04 Å². The van der Waals surface area contributed by atoms with Crippen molar-refractivity contribution in [1.29, 1.82) is 0 Å². The van der Waals surface area contributed by atoms with Crippen LogP contribution >= 0.6 is 11.6 Å². The van der Waals surface area contributed by atoms with Crippen molar-refractivity contribution in [3.8, 4) is 17.1 Å². The zero-order valence-electron chi connectivity index (χ0n) is 14.5. The SMILES string of the molecule is CC(C)(C)[Si](C)(C)Oc1ccc2[nH]nc(-c3cc(Cl)ncn3)c2c1. The number of aromatic amines is 1. The van der Waals surface area contributed by atoms with Crippen LogP contribution in [-0.4, -0.2) is 28.5 Å². The molecule has 1 N–H and O–H groups in total. The molecule has 0 aliphatic heterocycles. The first kappa shape index (κ1) is 16.9. The summed E-state index contributed by atoms with van der Waals surface area (Å²) < 4.78 is 6.40. The monoisotopic (exact) mass is 360 g/mol. The number of H-pyrrole nitrogens is 1. The lowest BCUT2D eigenvalue weighted by atomic mass is 10.1. The molecule has 126 valence electrons. The van der Waals surface area contributed by atoms with E-state index in [4.69, 9.17) is 16.0 Å². The summed E-state index contributed by atoms with van der Waals surface area (Å²) in [6, 6.07) is 7.69. The third kappa shape index (κ3) is 3.16. The Hall–Kier alpha value is -1.92. The zero-order valence-corrected chi connectivity index (χ0v) is 16.3. The van der Waals surface area contributed by atoms with E-state index >= 15 is 0 Å². The van der Waals surface area contributed by atoms with E-state index in [0.29, 0.717) is 10.8 Å². The van der Waals surface area contributed by atoms with Crippen molar-refractivity contribution >= 4 is 30.8 Å². The zero-order chi connectivity index (χ0) is 17.5. The van der Waals surface area contributed by atoms with Crippen molar-refractivity contribution in [3.63, 3.8) is 0 Å². The highest BCUT2D eigenvalue weighted by Crippen LogP contribution is 2.38. The Morgan fingerprint density at radius 2 is 1.88 bits per heavy atom. The van der Waals surface area contributed by atoms with Gasteiger partial charge in [-0.3, -0.25) is 5.10 Å². The summed E-state index contributed by atoms with van der Waals surface area (Å²) >= 11 is 5.97. The van der Waals surface area contributed by atoms with Gasteiger partial charge in [0.25, 0.3) is 0 Å². The smallest absolute Gasteiger partial charge is 0.250 e. The molecule has 0 unspecified atom stereocenters. The predicted molar refractivity (Wildman–Crippen MR) is 100.0 cm³/mol. The fourth-order valence-corrected chi connectivity index (χ4v) is 3.33. The van der Waals surface area contributed by atoms with Crippen LogP contribution in [0.2, 0.25) is 23.3 Å². The minimum atomic E-state index is -1.90. The maximum atomic E-state index is 6.40. The summed E-state index contributed by atoms with van der Waals surface area (Å²) in [5.74, 6) is 0.858. The van der Waals surface area contributed by atoms with Gasteiger partial charge in [0.2, 0.25) is 8.32 Å². The van der Waals surface area contributed by atoms with Crippen LogP contribution in [0, 0.1) is 0 Å². The fourth-order valence-electron chi connectivity index (χ4n) is 2.16. The van der Waals surface area contributed by atoms with Crippen molar-refractivity contribution < 1.29 is 4.43 Å². The highest BCUT2D eigenvalue weighted by molar-refractivity contribution is 6.74. The van der Waals surface area contributed by atoms with Crippen molar-refractivity contribution in [2.45, 2.75) is 38.9 Å². The van der Waals surface area contributed by atoms with Gasteiger partial charge in [0, 0.05) is 11.5 Å². The molecule has 0 fully saturated rings. The second kappa shape index (κ2) is 5.86. The third-order valence-corrected chi connectivity index (χ3v) is 9.15. The summed E-state index contributed by atoms with van der Waals surface area (Å²) in [4.78, 5) is 8.19. The number of hydrogen-bond donors (Lipinski definition) is 1. The number of fused-ring (bicyclic) bond motifs is 1. The quantitative estimate of drug-likeness (QED) is 0.524. The second-order valence-corrected chi connectivity index (χ2v) is 12.5. The lowest BCUT2D eigenvalue weighted by Gasteiger charge is -2.36. The molecule has 5 nitrogen and oxygen atoms in total. The Balaban J connectivity index is 2.04. The van der Waals surface area contributed by atoms with E-state index in [1.807, 2.05) is 18.2 Å². The van der Waals surface area contributed by atoms with E-state index in [0.717, 1.165) is 22.3 Å². The minimum Gasteiger partial charge on any atom is -0.543 e. The van der Waals surface area contributed by atoms with Crippen LogP contribution in [0.1, 0.15) is 20.8 Å². The molecular weight excluding hydrogens is 340 g/mol. The molecule has 0 radical (unpaired) electrons. The van der Waals surface area contributed by atoms with Gasteiger partial charge in [-0.25, -0.2) is 9.97 Å². The summed E-state index contributed by atoms with van der Waals surface area (Å²) in [6.45, 7) is 11.1. The van der Waals surface area contributed by atoms with Gasteiger partial charge in [-0.1, -0.05) is 32.4 Å². The lowest BCUT2D eigenvalue weighted by Crippen LogP contribution is -2.43. The average molecular weight is 361 g/mol. The molecule has 0 spiro atoms. The summed E-state index contributed by atoms with van der Waals surface area (Å²) in [5.41, 5.74) is 2.36. The molecule has 0 aliphatic carbocycles. The first-order valence-corrected chi connectivity index (χ1v) is 11.1. The summed E-state index contributed by atoms with van der Waals surface area (Å²) in [5, 5.41) is 8.90. The molecule has 24 heavy (non-hydrogen) atoms. The van der Waals surface area contributed by atoms with E-state index in [9.17, 15) is 0 Å². The number of halogens is 1. The van der Waals surface area contributed by atoms with Gasteiger partial charge in [0.15, 0.2) is 0 Å². The molecule has 0 saturated heterocycles. The molecule has 0 bridgehead atoms. The number of nitrogens with one attached hydrogen (secondary N) is 1. The van der Waals surface area contributed by atoms with E-state index < -0.39 is 8.32 Å². The average Bonchev–Trinajstić information content (AvgIpc) is 2.88. The predicted octanol–water partition coefficient (Wildman–Crippen LogP) is 5.06. The Morgan fingerprint density at radius 3 is 2.54 bits per heavy atom. The van der Waals surface area contributed by atoms with Gasteiger partial charge in [-0.05, 0) is 36.3 Å². The molecule has 0 amide bonds. The standard InChI is InChI=1S/C17H21ClN4OSi/c1-17(2,3)24(4,5)23-11-6-7-13-12(8-11)16(22-21-13)14-9-15(18)20-10-19-14/h6-10H,1-5H3,(H,21,22). The van der Waals surface area contributed by atoms with Crippen molar-refractivity contribution in [2.24, 2.45) is 0 Å². The van der Waals surface area contributed by atoms with Crippen molar-refractivity contribution in [2.75, 3.05) is 0 Å². The minimum absolute atomic E-state index is 0.140. The van der Waals surface area contributed by atoms with Crippen molar-refractivity contribution in [3.05, 3.63) is 35.7 Å². The molecule has 3 aromatic rings. The van der Waals surface area contributed by atoms with Crippen LogP contribution in [0.4, 0.5) is 0 Å². The van der Waals surface area contributed by atoms with Crippen LogP contribution in [0.3, 0.4) is 0 Å². The first-order chi connectivity index (χ1) is 11.2. The van der Waals surface area contributed by atoms with Gasteiger partial charge in [-0.15, -0.1) is 0 Å². The molecule has 7 heteroatoms. The Kier molecular flexibility index (Phi) is 4.13. The fraction of sp³-hybridized carbons (Fsp3) is 0.353. The summed E-state index contributed by atoms with van der Waals surface area (Å²) in [6.07, 6.45) is 1.44. The Labute approximate surface area is 147 Å². The second-order valence-electron chi connectivity index (χ2n) is 7.37. The van der Waals surface area contributed by atoms with Gasteiger partial charge in [0.05, 0.1) is 11.2 Å². The number of nitrogens with zero attached hydrogens (tertiary/aromatic N) is 3. The highest BCUT2D eigenvalue weighted by Gasteiger charge is 2.39. The van der Waals surface area contributed by atoms with Crippen LogP contribution in [0.15, 0.2) is 30.6 Å². The number of hydrogen-bond acceptors (Lipinski definition) is 4. The number of benzene rings is 1. The van der Waals surface area contributed by atoms with E-state index in [1.165, 1.54) is 6.33 Å². The maximum absolute atomic E-state index is 6.40. The Morgan fingerprint density at radius 1 is 1.12 bits per heavy atom. The van der Waals surface area contributed by atoms with E-state index in [2.05, 4.69) is 54.0 Å². The molecule has 1 aromatic carbocycles. The topological polar surface area (TPSA) is 63.7 Å². The maximum Gasteiger partial charge on any atom is 0.250 e. The lowest BCUT2D eigenvalue weighted by molar-refractivity contribution is 0.493. The largest absolute Gasteiger partial charge is 0.543 e. The van der Waals surface area contributed by atoms with E-state index in [1.54, 1.807) is 6.07 Å². The van der Waals surface area contributed by atoms with Crippen LogP contribution < -0.4 is 4.43 Å². The van der Waals surface area contributed by atoms with Crippen LogP contribution in [-0.2, 0) is 0 Å².